The molecule has 0 aliphatic carbocycles. The minimum atomic E-state index is -0.602. The van der Waals surface area contributed by atoms with Crippen molar-refractivity contribution in [2.24, 2.45) is 11.8 Å². The van der Waals surface area contributed by atoms with E-state index in [4.69, 9.17) is 0 Å². The Balaban J connectivity index is 2.33. The zero-order valence-electron chi connectivity index (χ0n) is 10.9. The summed E-state index contributed by atoms with van der Waals surface area (Å²) in [6.07, 6.45) is 0. The summed E-state index contributed by atoms with van der Waals surface area (Å²) >= 11 is 0. The summed E-state index contributed by atoms with van der Waals surface area (Å²) in [6.45, 7) is 5.28. The molecule has 0 radical (unpaired) electrons. The molecule has 2 unspecified atom stereocenters. The fourth-order valence-electron chi connectivity index (χ4n) is 2.32. The van der Waals surface area contributed by atoms with Crippen LogP contribution in [0, 0.1) is 22.0 Å². The number of amides is 1. The summed E-state index contributed by atoms with van der Waals surface area (Å²) in [5.74, 6) is 0.216. The molecule has 0 aromatic heterocycles. The van der Waals surface area contributed by atoms with Crippen molar-refractivity contribution >= 4 is 11.6 Å². The highest BCUT2D eigenvalue weighted by molar-refractivity contribution is 5.98. The average Bonchev–Trinajstić information content (AvgIpc) is 2.68. The number of likely N-dealkylation sites (tertiary alicyclic amines) is 1. The lowest BCUT2D eigenvalue weighted by Crippen LogP contribution is -2.29. The first-order valence-corrected chi connectivity index (χ1v) is 6.17. The zero-order chi connectivity index (χ0) is 14.2. The van der Waals surface area contributed by atoms with Crippen LogP contribution in [0.25, 0.3) is 0 Å². The van der Waals surface area contributed by atoms with E-state index in [2.05, 4.69) is 13.8 Å². The van der Waals surface area contributed by atoms with Gasteiger partial charge in [-0.15, -0.1) is 0 Å². The molecule has 1 amide bonds. The van der Waals surface area contributed by atoms with Crippen LogP contribution >= 0.6 is 0 Å². The van der Waals surface area contributed by atoms with Gasteiger partial charge in [0.05, 0.1) is 4.92 Å². The minimum absolute atomic E-state index is 0.0497. The van der Waals surface area contributed by atoms with Crippen molar-refractivity contribution in [3.05, 3.63) is 33.9 Å². The molecular formula is C13H16N2O4. The van der Waals surface area contributed by atoms with E-state index in [9.17, 15) is 20.0 Å². The minimum Gasteiger partial charge on any atom is -0.508 e. The van der Waals surface area contributed by atoms with Gasteiger partial charge in [-0.1, -0.05) is 13.8 Å². The number of phenols is 1. The van der Waals surface area contributed by atoms with Crippen LogP contribution in [0.1, 0.15) is 24.2 Å². The van der Waals surface area contributed by atoms with Crippen LogP contribution in [0.2, 0.25) is 0 Å². The van der Waals surface area contributed by atoms with Gasteiger partial charge >= 0.3 is 0 Å². The van der Waals surface area contributed by atoms with Crippen molar-refractivity contribution in [1.82, 2.24) is 4.90 Å². The predicted octanol–water partition coefficient (Wildman–Crippen LogP) is 2.03. The number of rotatable bonds is 2. The van der Waals surface area contributed by atoms with Gasteiger partial charge in [-0.25, -0.2) is 0 Å². The number of hydrogen-bond donors (Lipinski definition) is 1. The maximum absolute atomic E-state index is 12.3. The Labute approximate surface area is 110 Å². The second kappa shape index (κ2) is 4.87. The number of aromatic hydroxyl groups is 1. The van der Waals surface area contributed by atoms with Crippen LogP contribution in [-0.4, -0.2) is 33.9 Å². The van der Waals surface area contributed by atoms with Crippen molar-refractivity contribution in [3.8, 4) is 5.75 Å². The van der Waals surface area contributed by atoms with Gasteiger partial charge in [0.15, 0.2) is 0 Å². The van der Waals surface area contributed by atoms with Crippen LogP contribution in [0.5, 0.6) is 5.75 Å². The third-order valence-electron chi connectivity index (χ3n) is 3.68. The quantitative estimate of drug-likeness (QED) is 0.654. The monoisotopic (exact) mass is 264 g/mol. The van der Waals surface area contributed by atoms with Crippen molar-refractivity contribution in [2.75, 3.05) is 13.1 Å². The third kappa shape index (κ3) is 2.52. The number of benzene rings is 1. The van der Waals surface area contributed by atoms with Crippen LogP contribution in [0.3, 0.4) is 0 Å². The van der Waals surface area contributed by atoms with E-state index in [0.717, 1.165) is 12.1 Å². The summed E-state index contributed by atoms with van der Waals surface area (Å²) < 4.78 is 0. The molecule has 1 aromatic rings. The van der Waals surface area contributed by atoms with Gasteiger partial charge in [-0.2, -0.15) is 0 Å². The van der Waals surface area contributed by atoms with Crippen molar-refractivity contribution in [3.63, 3.8) is 0 Å². The smallest absolute Gasteiger partial charge is 0.282 e. The van der Waals surface area contributed by atoms with E-state index < -0.39 is 4.92 Å². The van der Waals surface area contributed by atoms with E-state index >= 15 is 0 Å². The molecule has 6 heteroatoms. The van der Waals surface area contributed by atoms with Gasteiger partial charge in [0.1, 0.15) is 11.3 Å². The SMILES string of the molecule is CC1CN(C(=O)c2cc(O)ccc2[N+](=O)[O-])CC1C. The Hall–Kier alpha value is -2.11. The molecule has 102 valence electrons. The Morgan fingerprint density at radius 2 is 1.95 bits per heavy atom. The molecule has 1 N–H and O–H groups in total. The van der Waals surface area contributed by atoms with Gasteiger partial charge < -0.3 is 10.0 Å². The molecule has 6 nitrogen and oxygen atoms in total. The summed E-state index contributed by atoms with van der Waals surface area (Å²) in [6, 6.07) is 3.53. The molecule has 2 atom stereocenters. The summed E-state index contributed by atoms with van der Waals surface area (Å²) in [7, 11) is 0. The molecule has 1 aliphatic heterocycles. The van der Waals surface area contributed by atoms with Crippen LogP contribution in [0.15, 0.2) is 18.2 Å². The second-order valence-electron chi connectivity index (χ2n) is 5.12. The van der Waals surface area contributed by atoms with E-state index in [0.29, 0.717) is 24.9 Å². The first-order chi connectivity index (χ1) is 8.90. The summed E-state index contributed by atoms with van der Waals surface area (Å²) in [4.78, 5) is 24.3. The molecule has 0 saturated carbocycles. The molecule has 1 heterocycles. The van der Waals surface area contributed by atoms with E-state index in [1.165, 1.54) is 6.07 Å². The van der Waals surface area contributed by atoms with E-state index in [-0.39, 0.29) is 22.9 Å². The number of carbonyl (C=O) groups excluding carboxylic acids is 1. The molecule has 1 fully saturated rings. The standard InChI is InChI=1S/C13H16N2O4/c1-8-6-14(7-9(8)2)13(17)11-5-10(16)3-4-12(11)15(18)19/h3-5,8-9,16H,6-7H2,1-2H3. The van der Waals surface area contributed by atoms with Gasteiger partial charge in [0.2, 0.25) is 0 Å². The number of nitro groups is 1. The fourth-order valence-corrected chi connectivity index (χ4v) is 2.32. The largest absolute Gasteiger partial charge is 0.508 e. The molecule has 1 aliphatic rings. The number of phenolic OH excluding ortho intramolecular Hbond substituents is 1. The maximum Gasteiger partial charge on any atom is 0.282 e. The van der Waals surface area contributed by atoms with Crippen LogP contribution in [-0.2, 0) is 0 Å². The van der Waals surface area contributed by atoms with E-state index in [1.54, 1.807) is 4.90 Å². The molecule has 2 rings (SSSR count). The Kier molecular flexibility index (Phi) is 3.42. The second-order valence-corrected chi connectivity index (χ2v) is 5.12. The molecule has 1 saturated heterocycles. The van der Waals surface area contributed by atoms with Crippen LogP contribution in [0.4, 0.5) is 5.69 Å². The highest BCUT2D eigenvalue weighted by Gasteiger charge is 2.32. The van der Waals surface area contributed by atoms with Gasteiger partial charge in [0.25, 0.3) is 11.6 Å². The fraction of sp³-hybridized carbons (Fsp3) is 0.462. The Morgan fingerprint density at radius 3 is 2.47 bits per heavy atom. The van der Waals surface area contributed by atoms with Crippen molar-refractivity contribution in [1.29, 1.82) is 0 Å². The lowest BCUT2D eigenvalue weighted by atomic mass is 10.0. The number of nitro benzene ring substituents is 1. The Morgan fingerprint density at radius 1 is 1.37 bits per heavy atom. The maximum atomic E-state index is 12.3. The van der Waals surface area contributed by atoms with Gasteiger partial charge in [0, 0.05) is 19.2 Å². The average molecular weight is 264 g/mol. The lowest BCUT2D eigenvalue weighted by Gasteiger charge is -2.16. The summed E-state index contributed by atoms with van der Waals surface area (Å²) in [5.41, 5.74) is -0.318. The predicted molar refractivity (Wildman–Crippen MR) is 69.0 cm³/mol. The van der Waals surface area contributed by atoms with Crippen molar-refractivity contribution in [2.45, 2.75) is 13.8 Å². The topological polar surface area (TPSA) is 83.7 Å². The Bertz CT molecular complexity index is 519. The molecular weight excluding hydrogens is 248 g/mol. The lowest BCUT2D eigenvalue weighted by molar-refractivity contribution is -0.385. The number of carbonyl (C=O) groups is 1. The number of hydrogen-bond acceptors (Lipinski definition) is 4. The molecule has 0 spiro atoms. The number of nitrogens with zero attached hydrogens (tertiary/aromatic N) is 2. The highest BCUT2D eigenvalue weighted by atomic mass is 16.6. The molecule has 19 heavy (non-hydrogen) atoms. The van der Waals surface area contributed by atoms with Crippen molar-refractivity contribution < 1.29 is 14.8 Å². The first-order valence-electron chi connectivity index (χ1n) is 6.17. The third-order valence-corrected chi connectivity index (χ3v) is 3.68. The molecule has 1 aromatic carbocycles. The van der Waals surface area contributed by atoms with Gasteiger partial charge in [-0.05, 0) is 24.0 Å². The normalized spacial score (nSPS) is 22.5. The van der Waals surface area contributed by atoms with Crippen LogP contribution < -0.4 is 0 Å². The van der Waals surface area contributed by atoms with Gasteiger partial charge in [-0.3, -0.25) is 14.9 Å². The highest BCUT2D eigenvalue weighted by Crippen LogP contribution is 2.28. The zero-order valence-corrected chi connectivity index (χ0v) is 10.9. The first kappa shape index (κ1) is 13.3. The summed E-state index contributed by atoms with van der Waals surface area (Å²) in [5, 5.41) is 20.4. The molecule has 0 bridgehead atoms. The van der Waals surface area contributed by atoms with E-state index in [1.807, 2.05) is 0 Å².